The molecule has 112 valence electrons. The van der Waals surface area contributed by atoms with Crippen molar-refractivity contribution < 1.29 is 0 Å². The van der Waals surface area contributed by atoms with Gasteiger partial charge >= 0.3 is 0 Å². The molecule has 1 aromatic rings. The zero-order valence-electron chi connectivity index (χ0n) is 13.4. The summed E-state index contributed by atoms with van der Waals surface area (Å²) in [7, 11) is 0. The molecule has 1 saturated heterocycles. The maximum absolute atomic E-state index is 3.77. The van der Waals surface area contributed by atoms with Crippen LogP contribution in [0.1, 0.15) is 58.4 Å². The second kappa shape index (κ2) is 7.12. The maximum Gasteiger partial charge on any atom is 0.0366 e. The number of anilines is 1. The van der Waals surface area contributed by atoms with Crippen molar-refractivity contribution in [2.24, 2.45) is 0 Å². The Morgan fingerprint density at radius 3 is 2.00 bits per heavy atom. The molecular formula is C18H30N2. The van der Waals surface area contributed by atoms with Gasteiger partial charge in [-0.15, -0.1) is 0 Å². The molecule has 0 aromatic heterocycles. The highest BCUT2D eigenvalue weighted by molar-refractivity contribution is 5.48. The van der Waals surface area contributed by atoms with E-state index in [1.807, 2.05) is 0 Å². The zero-order valence-corrected chi connectivity index (χ0v) is 13.4. The monoisotopic (exact) mass is 274 g/mol. The van der Waals surface area contributed by atoms with Crippen LogP contribution >= 0.6 is 0 Å². The van der Waals surface area contributed by atoms with Gasteiger partial charge in [0.15, 0.2) is 0 Å². The molecule has 1 aliphatic heterocycles. The van der Waals surface area contributed by atoms with Crippen LogP contribution in [0.25, 0.3) is 0 Å². The molecule has 0 bridgehead atoms. The van der Waals surface area contributed by atoms with Crippen molar-refractivity contribution in [1.29, 1.82) is 0 Å². The molecule has 0 aliphatic carbocycles. The van der Waals surface area contributed by atoms with Crippen LogP contribution < -0.4 is 10.2 Å². The Morgan fingerprint density at radius 2 is 1.50 bits per heavy atom. The summed E-state index contributed by atoms with van der Waals surface area (Å²) in [5, 5.41) is 3.77. The summed E-state index contributed by atoms with van der Waals surface area (Å²) in [5.74, 6) is 0. The molecule has 0 saturated carbocycles. The highest BCUT2D eigenvalue weighted by Crippen LogP contribution is 2.22. The molecule has 1 fully saturated rings. The SMILES string of the molecule is CCC(CC)(CC)NCc1ccc(N2CCCC2)cc1. The van der Waals surface area contributed by atoms with Gasteiger partial charge < -0.3 is 10.2 Å². The lowest BCUT2D eigenvalue weighted by Crippen LogP contribution is -2.43. The molecule has 20 heavy (non-hydrogen) atoms. The van der Waals surface area contributed by atoms with Gasteiger partial charge in [-0.05, 0) is 49.8 Å². The van der Waals surface area contributed by atoms with Gasteiger partial charge in [-0.25, -0.2) is 0 Å². The molecule has 0 amide bonds. The minimum atomic E-state index is 0.313. The van der Waals surface area contributed by atoms with Crippen molar-refractivity contribution >= 4 is 5.69 Å². The highest BCUT2D eigenvalue weighted by atomic mass is 15.1. The maximum atomic E-state index is 3.77. The van der Waals surface area contributed by atoms with Crippen molar-refractivity contribution in [1.82, 2.24) is 5.32 Å². The minimum absolute atomic E-state index is 0.313. The summed E-state index contributed by atoms with van der Waals surface area (Å²) in [6.45, 7) is 10.3. The predicted molar refractivity (Wildman–Crippen MR) is 88.3 cm³/mol. The van der Waals surface area contributed by atoms with E-state index in [4.69, 9.17) is 0 Å². The zero-order chi connectivity index (χ0) is 14.4. The Balaban J connectivity index is 1.93. The van der Waals surface area contributed by atoms with E-state index >= 15 is 0 Å². The van der Waals surface area contributed by atoms with Gasteiger partial charge in [-0.3, -0.25) is 0 Å². The topological polar surface area (TPSA) is 15.3 Å². The molecule has 0 radical (unpaired) electrons. The van der Waals surface area contributed by atoms with Crippen LogP contribution in [-0.2, 0) is 6.54 Å². The largest absolute Gasteiger partial charge is 0.372 e. The molecular weight excluding hydrogens is 244 g/mol. The van der Waals surface area contributed by atoms with Gasteiger partial charge in [0, 0.05) is 30.9 Å². The third kappa shape index (κ3) is 3.54. The van der Waals surface area contributed by atoms with Gasteiger partial charge in [0.05, 0.1) is 0 Å². The van der Waals surface area contributed by atoms with Crippen LogP contribution in [0.3, 0.4) is 0 Å². The molecule has 2 rings (SSSR count). The van der Waals surface area contributed by atoms with Crippen LogP contribution in [0, 0.1) is 0 Å². The van der Waals surface area contributed by atoms with E-state index in [1.54, 1.807) is 0 Å². The molecule has 1 heterocycles. The van der Waals surface area contributed by atoms with E-state index in [1.165, 1.54) is 56.4 Å². The highest BCUT2D eigenvalue weighted by Gasteiger charge is 2.22. The van der Waals surface area contributed by atoms with E-state index in [0.29, 0.717) is 5.54 Å². The van der Waals surface area contributed by atoms with Crippen molar-refractivity contribution in [3.63, 3.8) is 0 Å². The lowest BCUT2D eigenvalue weighted by atomic mass is 9.89. The van der Waals surface area contributed by atoms with Gasteiger partial charge in [-0.1, -0.05) is 32.9 Å². The second-order valence-electron chi connectivity index (χ2n) is 6.06. The van der Waals surface area contributed by atoms with E-state index in [9.17, 15) is 0 Å². The summed E-state index contributed by atoms with van der Waals surface area (Å²) in [6.07, 6.45) is 6.29. The lowest BCUT2D eigenvalue weighted by Gasteiger charge is -2.32. The van der Waals surface area contributed by atoms with Gasteiger partial charge in [0.2, 0.25) is 0 Å². The molecule has 0 spiro atoms. The van der Waals surface area contributed by atoms with Gasteiger partial charge in [0.25, 0.3) is 0 Å². The molecule has 1 aromatic carbocycles. The fraction of sp³-hybridized carbons (Fsp3) is 0.667. The van der Waals surface area contributed by atoms with Crippen LogP contribution in [0.15, 0.2) is 24.3 Å². The number of hydrogen-bond donors (Lipinski definition) is 1. The number of hydrogen-bond acceptors (Lipinski definition) is 2. The molecule has 2 nitrogen and oxygen atoms in total. The van der Waals surface area contributed by atoms with Crippen molar-refractivity contribution in [2.75, 3.05) is 18.0 Å². The first-order valence-corrected chi connectivity index (χ1v) is 8.32. The van der Waals surface area contributed by atoms with Crippen LogP contribution in [0.5, 0.6) is 0 Å². The van der Waals surface area contributed by atoms with Crippen molar-refractivity contribution in [2.45, 2.75) is 65.0 Å². The summed E-state index contributed by atoms with van der Waals surface area (Å²) in [4.78, 5) is 2.49. The lowest BCUT2D eigenvalue weighted by molar-refractivity contribution is 0.288. The standard InChI is InChI=1S/C18H30N2/c1-4-18(5-2,6-3)19-15-16-9-11-17(12-10-16)20-13-7-8-14-20/h9-12,19H,4-8,13-15H2,1-3H3. The minimum Gasteiger partial charge on any atom is -0.372 e. The summed E-state index contributed by atoms with van der Waals surface area (Å²) >= 11 is 0. The predicted octanol–water partition coefficient (Wildman–Crippen LogP) is 4.35. The Bertz CT molecular complexity index is 378. The number of benzene rings is 1. The molecule has 1 N–H and O–H groups in total. The summed E-state index contributed by atoms with van der Waals surface area (Å²) in [5.41, 5.74) is 3.10. The first-order chi connectivity index (χ1) is 9.73. The van der Waals surface area contributed by atoms with Crippen molar-refractivity contribution in [3.05, 3.63) is 29.8 Å². The van der Waals surface area contributed by atoms with E-state index in [-0.39, 0.29) is 0 Å². The Hall–Kier alpha value is -1.02. The Labute approximate surface area is 124 Å². The molecule has 2 heteroatoms. The molecule has 0 unspecified atom stereocenters. The first-order valence-electron chi connectivity index (χ1n) is 8.32. The van der Waals surface area contributed by atoms with E-state index in [0.717, 1.165) is 6.54 Å². The Kier molecular flexibility index (Phi) is 5.47. The van der Waals surface area contributed by atoms with Gasteiger partial charge in [-0.2, -0.15) is 0 Å². The first kappa shape index (κ1) is 15.4. The summed E-state index contributed by atoms with van der Waals surface area (Å²) in [6, 6.07) is 9.14. The van der Waals surface area contributed by atoms with E-state index < -0.39 is 0 Å². The van der Waals surface area contributed by atoms with Crippen LogP contribution in [0.2, 0.25) is 0 Å². The quantitative estimate of drug-likeness (QED) is 0.795. The smallest absolute Gasteiger partial charge is 0.0366 e. The summed E-state index contributed by atoms with van der Waals surface area (Å²) < 4.78 is 0. The normalized spacial score (nSPS) is 15.8. The number of nitrogens with one attached hydrogen (secondary N) is 1. The Morgan fingerprint density at radius 1 is 0.950 bits per heavy atom. The third-order valence-electron chi connectivity index (χ3n) is 5.11. The van der Waals surface area contributed by atoms with Crippen molar-refractivity contribution in [3.8, 4) is 0 Å². The second-order valence-corrected chi connectivity index (χ2v) is 6.06. The van der Waals surface area contributed by atoms with E-state index in [2.05, 4.69) is 55.3 Å². The molecule has 1 aliphatic rings. The number of rotatable bonds is 7. The third-order valence-corrected chi connectivity index (χ3v) is 5.11. The average molecular weight is 274 g/mol. The van der Waals surface area contributed by atoms with Gasteiger partial charge in [0.1, 0.15) is 0 Å². The molecule has 0 atom stereocenters. The fourth-order valence-corrected chi connectivity index (χ4v) is 3.21. The van der Waals surface area contributed by atoms with Crippen LogP contribution in [0.4, 0.5) is 5.69 Å². The fourth-order valence-electron chi connectivity index (χ4n) is 3.21. The number of nitrogens with zero attached hydrogens (tertiary/aromatic N) is 1. The average Bonchev–Trinajstić information content (AvgIpc) is 3.04. The van der Waals surface area contributed by atoms with Crippen LogP contribution in [-0.4, -0.2) is 18.6 Å².